The summed E-state index contributed by atoms with van der Waals surface area (Å²) in [4.78, 5) is 11.0. The molecule has 1 atom stereocenters. The smallest absolute Gasteiger partial charge is 0.324 e. The van der Waals surface area contributed by atoms with E-state index in [1.165, 1.54) is 0 Å². The second kappa shape index (κ2) is 4.87. The Balaban J connectivity index is 4.80. The van der Waals surface area contributed by atoms with Crippen LogP contribution >= 0.6 is 0 Å². The van der Waals surface area contributed by atoms with Gasteiger partial charge in [-0.05, 0) is 6.42 Å². The van der Waals surface area contributed by atoms with Crippen LogP contribution in [0.25, 0.3) is 0 Å². The number of sulfone groups is 1. The number of carbonyl (C=O) groups is 1. The van der Waals surface area contributed by atoms with Gasteiger partial charge in [0.25, 0.3) is 0 Å². The molecule has 0 radical (unpaired) electrons. The van der Waals surface area contributed by atoms with Gasteiger partial charge in [0.15, 0.2) is 15.1 Å². The first-order chi connectivity index (χ1) is 5.99. The van der Waals surface area contributed by atoms with E-state index in [0.717, 1.165) is 7.11 Å². The highest BCUT2D eigenvalue weighted by molar-refractivity contribution is 7.92. The van der Waals surface area contributed by atoms with Crippen molar-refractivity contribution in [2.45, 2.75) is 18.6 Å². The van der Waals surface area contributed by atoms with Gasteiger partial charge in [-0.15, -0.1) is 6.42 Å². The fraction of sp³-hybridized carbons (Fsp3) is 0.625. The largest absolute Gasteiger partial charge is 0.468 e. The number of terminal acetylenes is 1. The van der Waals surface area contributed by atoms with Crippen molar-refractivity contribution in [1.29, 1.82) is 0 Å². The Morgan fingerprint density at radius 1 is 1.62 bits per heavy atom. The minimum Gasteiger partial charge on any atom is -0.468 e. The molecule has 0 fully saturated rings. The number of hydrogen-bond donors (Lipinski definition) is 0. The maximum Gasteiger partial charge on any atom is 0.324 e. The van der Waals surface area contributed by atoms with Gasteiger partial charge in [0.05, 0.1) is 7.11 Å². The summed E-state index contributed by atoms with van der Waals surface area (Å²) < 4.78 is 27.0. The van der Waals surface area contributed by atoms with Gasteiger partial charge in [0, 0.05) is 0 Å². The number of methoxy groups -OCH3 is 1. The monoisotopic (exact) mass is 204 g/mol. The molecule has 0 bridgehead atoms. The van der Waals surface area contributed by atoms with Crippen LogP contribution in [0.5, 0.6) is 0 Å². The summed E-state index contributed by atoms with van der Waals surface area (Å²) in [5, 5.41) is -1.13. The van der Waals surface area contributed by atoms with Crippen molar-refractivity contribution in [3.8, 4) is 12.3 Å². The van der Waals surface area contributed by atoms with E-state index in [0.29, 0.717) is 0 Å². The Bertz CT molecular complexity index is 310. The predicted octanol–water partition coefficient (Wildman–Crippen LogP) is -0.0140. The van der Waals surface area contributed by atoms with Crippen LogP contribution in [-0.4, -0.2) is 32.5 Å². The van der Waals surface area contributed by atoms with E-state index in [2.05, 4.69) is 4.74 Å². The molecule has 5 heteroatoms. The molecule has 4 nitrogen and oxygen atoms in total. The van der Waals surface area contributed by atoms with Gasteiger partial charge in [0.2, 0.25) is 0 Å². The summed E-state index contributed by atoms with van der Waals surface area (Å²) in [6, 6.07) is 0. The Labute approximate surface area is 78.2 Å². The van der Waals surface area contributed by atoms with Crippen molar-refractivity contribution in [1.82, 2.24) is 0 Å². The summed E-state index contributed by atoms with van der Waals surface area (Å²) in [5.41, 5.74) is 0. The zero-order valence-electron chi connectivity index (χ0n) is 7.61. The number of esters is 1. The van der Waals surface area contributed by atoms with E-state index in [9.17, 15) is 13.2 Å². The van der Waals surface area contributed by atoms with Gasteiger partial charge in [-0.1, -0.05) is 12.8 Å². The molecule has 0 rings (SSSR count). The van der Waals surface area contributed by atoms with E-state index >= 15 is 0 Å². The molecular weight excluding hydrogens is 192 g/mol. The summed E-state index contributed by atoms with van der Waals surface area (Å²) in [7, 11) is -2.40. The third-order valence-corrected chi connectivity index (χ3v) is 3.51. The molecule has 0 spiro atoms. The van der Waals surface area contributed by atoms with Gasteiger partial charge in [-0.3, -0.25) is 4.79 Å². The Hall–Kier alpha value is -1.02. The van der Waals surface area contributed by atoms with Gasteiger partial charge in [-0.2, -0.15) is 0 Å². The van der Waals surface area contributed by atoms with Crippen LogP contribution in [-0.2, 0) is 19.4 Å². The first-order valence-corrected chi connectivity index (χ1v) is 5.44. The zero-order valence-corrected chi connectivity index (χ0v) is 8.43. The normalized spacial score (nSPS) is 13.0. The fourth-order valence-electron chi connectivity index (χ4n) is 0.915. The maximum absolute atomic E-state index is 11.3. The lowest BCUT2D eigenvalue weighted by molar-refractivity contribution is -0.140. The highest BCUT2D eigenvalue weighted by atomic mass is 32.2. The second-order valence-corrected chi connectivity index (χ2v) is 4.61. The van der Waals surface area contributed by atoms with Crippen LogP contribution < -0.4 is 0 Å². The standard InChI is InChI=1S/C8H12O4S/c1-4-6-13(10,11)7(5-2)8(9)12-3/h1,7H,5-6H2,2-3H3. The molecule has 0 amide bonds. The van der Waals surface area contributed by atoms with E-state index < -0.39 is 26.8 Å². The lowest BCUT2D eigenvalue weighted by Crippen LogP contribution is -2.32. The SMILES string of the molecule is C#CCS(=O)(=O)C(CC)C(=O)OC. The molecule has 0 aliphatic rings. The first-order valence-electron chi connectivity index (χ1n) is 3.72. The lowest BCUT2D eigenvalue weighted by atomic mass is 10.3. The van der Waals surface area contributed by atoms with E-state index in [-0.39, 0.29) is 6.42 Å². The van der Waals surface area contributed by atoms with Crippen molar-refractivity contribution in [3.63, 3.8) is 0 Å². The van der Waals surface area contributed by atoms with Gasteiger partial charge < -0.3 is 4.74 Å². The molecule has 0 aromatic carbocycles. The molecule has 0 aromatic rings. The average Bonchev–Trinajstić information content (AvgIpc) is 2.04. The Kier molecular flexibility index (Phi) is 4.49. The lowest BCUT2D eigenvalue weighted by Gasteiger charge is -2.10. The summed E-state index contributed by atoms with van der Waals surface area (Å²) >= 11 is 0. The third-order valence-electron chi connectivity index (χ3n) is 1.55. The van der Waals surface area contributed by atoms with E-state index in [4.69, 9.17) is 6.42 Å². The van der Waals surface area contributed by atoms with Crippen LogP contribution in [0.4, 0.5) is 0 Å². The highest BCUT2D eigenvalue weighted by Crippen LogP contribution is 2.08. The van der Waals surface area contributed by atoms with Crippen LogP contribution in [0.3, 0.4) is 0 Å². The van der Waals surface area contributed by atoms with E-state index in [1.54, 1.807) is 6.92 Å². The molecule has 1 unspecified atom stereocenters. The Morgan fingerprint density at radius 3 is 2.46 bits per heavy atom. The predicted molar refractivity (Wildman–Crippen MR) is 48.7 cm³/mol. The van der Waals surface area contributed by atoms with Crippen LogP contribution in [0.15, 0.2) is 0 Å². The molecule has 74 valence electrons. The third kappa shape index (κ3) is 3.07. The first kappa shape index (κ1) is 12.0. The van der Waals surface area contributed by atoms with Gasteiger partial charge >= 0.3 is 5.97 Å². The van der Waals surface area contributed by atoms with E-state index in [1.807, 2.05) is 5.92 Å². The highest BCUT2D eigenvalue weighted by Gasteiger charge is 2.30. The maximum atomic E-state index is 11.3. The molecule has 0 N–H and O–H groups in total. The number of carbonyl (C=O) groups excluding carboxylic acids is 1. The average molecular weight is 204 g/mol. The molecule has 0 aromatic heterocycles. The second-order valence-electron chi connectivity index (χ2n) is 2.43. The van der Waals surface area contributed by atoms with Crippen molar-refractivity contribution in [2.75, 3.05) is 12.9 Å². The van der Waals surface area contributed by atoms with Gasteiger partial charge in [0.1, 0.15) is 5.75 Å². The zero-order chi connectivity index (χ0) is 10.5. The molecule has 0 aliphatic heterocycles. The minimum absolute atomic E-state index is 0.177. The van der Waals surface area contributed by atoms with Crippen molar-refractivity contribution in [3.05, 3.63) is 0 Å². The van der Waals surface area contributed by atoms with Crippen molar-refractivity contribution in [2.24, 2.45) is 0 Å². The van der Waals surface area contributed by atoms with Crippen molar-refractivity contribution < 1.29 is 17.9 Å². The number of rotatable bonds is 4. The van der Waals surface area contributed by atoms with Gasteiger partial charge in [-0.25, -0.2) is 8.42 Å². The minimum atomic E-state index is -3.54. The van der Waals surface area contributed by atoms with Crippen LogP contribution in [0, 0.1) is 12.3 Å². The molecule has 0 saturated heterocycles. The summed E-state index contributed by atoms with van der Waals surface area (Å²) in [5.74, 6) is 0.824. The van der Waals surface area contributed by atoms with Crippen LogP contribution in [0.2, 0.25) is 0 Å². The molecule has 0 heterocycles. The number of hydrogen-bond acceptors (Lipinski definition) is 4. The number of ether oxygens (including phenoxy) is 1. The summed E-state index contributed by atoms with van der Waals surface area (Å²) in [6.07, 6.45) is 5.04. The molecule has 0 saturated carbocycles. The van der Waals surface area contributed by atoms with Crippen LogP contribution in [0.1, 0.15) is 13.3 Å². The molecule has 13 heavy (non-hydrogen) atoms. The summed E-state index contributed by atoms with van der Waals surface area (Å²) in [6.45, 7) is 1.59. The molecule has 0 aliphatic carbocycles. The topological polar surface area (TPSA) is 60.4 Å². The Morgan fingerprint density at radius 2 is 2.15 bits per heavy atom. The molecular formula is C8H12O4S. The quantitative estimate of drug-likeness (QED) is 0.477. The van der Waals surface area contributed by atoms with Crippen molar-refractivity contribution >= 4 is 15.8 Å². The fourth-order valence-corrected chi connectivity index (χ4v) is 2.25.